The Kier molecular flexibility index (Phi) is 3.89. The van der Waals surface area contributed by atoms with Crippen molar-refractivity contribution in [3.05, 3.63) is 5.01 Å². The zero-order valence-electron chi connectivity index (χ0n) is 12.0. The summed E-state index contributed by atoms with van der Waals surface area (Å²) in [6.07, 6.45) is 3.31. The monoisotopic (exact) mass is 295 g/mol. The number of nitrogens with zero attached hydrogens (tertiary/aromatic N) is 4. The molecule has 110 valence electrons. The summed E-state index contributed by atoms with van der Waals surface area (Å²) in [5.41, 5.74) is 0. The fourth-order valence-electron chi connectivity index (χ4n) is 3.08. The van der Waals surface area contributed by atoms with Gasteiger partial charge in [0, 0.05) is 25.2 Å². The Hall–Kier alpha value is -1.21. The van der Waals surface area contributed by atoms with Gasteiger partial charge in [0.1, 0.15) is 5.01 Å². The normalized spacial score (nSPS) is 26.6. The van der Waals surface area contributed by atoms with Crippen molar-refractivity contribution >= 4 is 22.5 Å². The second-order valence-corrected chi connectivity index (χ2v) is 6.64. The van der Waals surface area contributed by atoms with Crippen molar-refractivity contribution in [2.45, 2.75) is 45.2 Å². The van der Waals surface area contributed by atoms with Crippen molar-refractivity contribution in [2.24, 2.45) is 0 Å². The molecule has 2 aliphatic rings. The van der Waals surface area contributed by atoms with E-state index in [0.717, 1.165) is 24.5 Å². The molecule has 0 radical (unpaired) electrons. The molecule has 7 heteroatoms. The van der Waals surface area contributed by atoms with Crippen molar-refractivity contribution in [3.63, 3.8) is 0 Å². The predicted molar refractivity (Wildman–Crippen MR) is 79.1 cm³/mol. The number of rotatable bonds is 2. The summed E-state index contributed by atoms with van der Waals surface area (Å²) in [5.74, 6) is 0. The fourth-order valence-corrected chi connectivity index (χ4v) is 3.75. The van der Waals surface area contributed by atoms with Crippen molar-refractivity contribution in [3.8, 4) is 0 Å². The van der Waals surface area contributed by atoms with Crippen LogP contribution < -0.4 is 5.32 Å². The molecule has 2 unspecified atom stereocenters. The van der Waals surface area contributed by atoms with Crippen LogP contribution in [0, 0.1) is 0 Å². The van der Waals surface area contributed by atoms with Gasteiger partial charge in [-0.15, -0.1) is 10.2 Å². The van der Waals surface area contributed by atoms with E-state index in [9.17, 15) is 4.79 Å². The Balaban J connectivity index is 1.64. The first-order valence-corrected chi connectivity index (χ1v) is 8.13. The highest BCUT2D eigenvalue weighted by Crippen LogP contribution is 2.25. The number of fused-ring (bicyclic) bond motifs is 1. The summed E-state index contributed by atoms with van der Waals surface area (Å²) >= 11 is 1.45. The largest absolute Gasteiger partial charge is 0.324 e. The van der Waals surface area contributed by atoms with Gasteiger partial charge in [-0.3, -0.25) is 10.2 Å². The molecule has 1 aromatic heterocycles. The molecule has 2 atom stereocenters. The number of hydrogen-bond donors (Lipinski definition) is 1. The molecule has 0 saturated carbocycles. The predicted octanol–water partition coefficient (Wildman–Crippen LogP) is 1.80. The lowest BCUT2D eigenvalue weighted by Gasteiger charge is -2.41. The molecule has 1 N–H and O–H groups in total. The van der Waals surface area contributed by atoms with E-state index in [1.165, 1.54) is 30.7 Å². The van der Waals surface area contributed by atoms with Gasteiger partial charge < -0.3 is 4.90 Å². The highest BCUT2D eigenvalue weighted by Gasteiger charge is 2.36. The highest BCUT2D eigenvalue weighted by molar-refractivity contribution is 7.15. The van der Waals surface area contributed by atoms with E-state index in [1.54, 1.807) is 0 Å². The zero-order chi connectivity index (χ0) is 14.1. The van der Waals surface area contributed by atoms with Crippen molar-refractivity contribution in [2.75, 3.05) is 25.0 Å². The van der Waals surface area contributed by atoms with Gasteiger partial charge in [-0.1, -0.05) is 18.3 Å². The summed E-state index contributed by atoms with van der Waals surface area (Å²) in [6, 6.07) is 0.753. The molecule has 2 saturated heterocycles. The summed E-state index contributed by atoms with van der Waals surface area (Å²) in [7, 11) is 0. The second-order valence-electron chi connectivity index (χ2n) is 5.58. The summed E-state index contributed by atoms with van der Waals surface area (Å²) in [6.45, 7) is 7.14. The van der Waals surface area contributed by atoms with E-state index in [2.05, 4.69) is 27.3 Å². The number of hydrogen-bond acceptors (Lipinski definition) is 5. The quantitative estimate of drug-likeness (QED) is 0.904. The number of piperazine rings is 1. The number of anilines is 1. The Morgan fingerprint density at radius 1 is 1.45 bits per heavy atom. The van der Waals surface area contributed by atoms with Crippen molar-refractivity contribution in [1.29, 1.82) is 0 Å². The smallest absolute Gasteiger partial charge is 0.319 e. The topological polar surface area (TPSA) is 61.4 Å². The first-order valence-electron chi connectivity index (χ1n) is 7.31. The lowest BCUT2D eigenvalue weighted by Crippen LogP contribution is -2.57. The van der Waals surface area contributed by atoms with Crippen LogP contribution in [0.5, 0.6) is 0 Å². The van der Waals surface area contributed by atoms with Gasteiger partial charge in [-0.25, -0.2) is 4.79 Å². The summed E-state index contributed by atoms with van der Waals surface area (Å²) in [4.78, 5) is 16.9. The molecule has 3 heterocycles. The second kappa shape index (κ2) is 5.65. The van der Waals surface area contributed by atoms with Crippen LogP contribution in [0.15, 0.2) is 0 Å². The third-order valence-corrected chi connectivity index (χ3v) is 5.16. The average molecular weight is 295 g/mol. The van der Waals surface area contributed by atoms with Gasteiger partial charge in [0.05, 0.1) is 0 Å². The molecule has 3 rings (SSSR count). The molecule has 0 aromatic carbocycles. The minimum absolute atomic E-state index is 0.0390. The van der Waals surface area contributed by atoms with Crippen LogP contribution in [0.2, 0.25) is 0 Å². The van der Waals surface area contributed by atoms with Crippen molar-refractivity contribution < 1.29 is 4.79 Å². The Morgan fingerprint density at radius 3 is 3.05 bits per heavy atom. The van der Waals surface area contributed by atoms with E-state index >= 15 is 0 Å². The molecule has 2 amide bonds. The maximum absolute atomic E-state index is 12.4. The first kappa shape index (κ1) is 13.8. The number of aryl methyl sites for hydroxylation is 1. The molecule has 2 fully saturated rings. The highest BCUT2D eigenvalue weighted by atomic mass is 32.1. The average Bonchev–Trinajstić information content (AvgIpc) is 3.05. The number of urea groups is 1. The number of nitrogens with one attached hydrogen (secondary N) is 1. The lowest BCUT2D eigenvalue weighted by atomic mass is 10.1. The molecule has 0 spiro atoms. The van der Waals surface area contributed by atoms with E-state index in [1.807, 2.05) is 11.8 Å². The third kappa shape index (κ3) is 2.64. The standard InChI is InChI=1S/C13H21N5OS/c1-3-11-15-16-12(20-11)14-13(19)18-8-10-5-4-6-17(10)7-9(18)2/h9-10H,3-8H2,1-2H3,(H,14,16,19). The molecular formula is C13H21N5OS. The molecule has 6 nitrogen and oxygen atoms in total. The van der Waals surface area contributed by atoms with Gasteiger partial charge in [0.15, 0.2) is 0 Å². The van der Waals surface area contributed by atoms with Gasteiger partial charge in [0.2, 0.25) is 5.13 Å². The summed E-state index contributed by atoms with van der Waals surface area (Å²) in [5, 5.41) is 12.5. The SMILES string of the molecule is CCc1nnc(NC(=O)N2CC3CCCN3CC2C)s1. The Morgan fingerprint density at radius 2 is 2.30 bits per heavy atom. The molecule has 0 bridgehead atoms. The van der Waals surface area contributed by atoms with Crippen LogP contribution in [0.3, 0.4) is 0 Å². The van der Waals surface area contributed by atoms with Crippen LogP contribution in [0.1, 0.15) is 31.7 Å². The van der Waals surface area contributed by atoms with E-state index in [-0.39, 0.29) is 12.1 Å². The molecule has 1 aromatic rings. The van der Waals surface area contributed by atoms with Crippen LogP contribution in [0.4, 0.5) is 9.93 Å². The van der Waals surface area contributed by atoms with Gasteiger partial charge in [0.25, 0.3) is 0 Å². The first-order chi connectivity index (χ1) is 9.67. The van der Waals surface area contributed by atoms with Crippen molar-refractivity contribution in [1.82, 2.24) is 20.0 Å². The minimum atomic E-state index is -0.0390. The summed E-state index contributed by atoms with van der Waals surface area (Å²) < 4.78 is 0. The van der Waals surface area contributed by atoms with Crippen LogP contribution in [-0.4, -0.2) is 57.7 Å². The zero-order valence-corrected chi connectivity index (χ0v) is 12.8. The molecule has 0 aliphatic carbocycles. The van der Waals surface area contributed by atoms with Gasteiger partial charge in [-0.2, -0.15) is 0 Å². The van der Waals surface area contributed by atoms with Crippen LogP contribution in [0.25, 0.3) is 0 Å². The maximum Gasteiger partial charge on any atom is 0.324 e. The minimum Gasteiger partial charge on any atom is -0.319 e. The Bertz CT molecular complexity index is 491. The number of carbonyl (C=O) groups excluding carboxylic acids is 1. The number of amides is 2. The van der Waals surface area contributed by atoms with Crippen LogP contribution >= 0.6 is 11.3 Å². The molecule has 20 heavy (non-hydrogen) atoms. The van der Waals surface area contributed by atoms with E-state index in [0.29, 0.717) is 11.2 Å². The lowest BCUT2D eigenvalue weighted by molar-refractivity contribution is 0.0861. The number of carbonyl (C=O) groups is 1. The van der Waals surface area contributed by atoms with Crippen LogP contribution in [-0.2, 0) is 6.42 Å². The van der Waals surface area contributed by atoms with E-state index in [4.69, 9.17) is 0 Å². The fraction of sp³-hybridized carbons (Fsp3) is 0.769. The Labute approximate surface area is 123 Å². The van der Waals surface area contributed by atoms with Gasteiger partial charge in [-0.05, 0) is 32.7 Å². The van der Waals surface area contributed by atoms with Gasteiger partial charge >= 0.3 is 6.03 Å². The molecule has 2 aliphatic heterocycles. The molecular weight excluding hydrogens is 274 g/mol. The third-order valence-electron chi connectivity index (χ3n) is 4.18. The van der Waals surface area contributed by atoms with E-state index < -0.39 is 0 Å². The maximum atomic E-state index is 12.4. The number of aromatic nitrogens is 2.